The van der Waals surface area contributed by atoms with Crippen LogP contribution in [0.4, 0.5) is 14.5 Å². The molecule has 5 nitrogen and oxygen atoms in total. The molecule has 1 heterocycles. The van der Waals surface area contributed by atoms with Crippen LogP contribution in [0, 0.1) is 21.7 Å². The van der Waals surface area contributed by atoms with Crippen LogP contribution in [-0.2, 0) is 0 Å². The van der Waals surface area contributed by atoms with Crippen LogP contribution in [-0.4, -0.2) is 14.9 Å². The van der Waals surface area contributed by atoms with Crippen molar-refractivity contribution in [3.63, 3.8) is 0 Å². The minimum atomic E-state index is -0.965. The molecule has 0 unspecified atom stereocenters. The quantitative estimate of drug-likeness (QED) is 0.478. The zero-order valence-corrected chi connectivity index (χ0v) is 9.36. The Morgan fingerprint density at radius 2 is 2.06 bits per heavy atom. The van der Waals surface area contributed by atoms with E-state index in [2.05, 4.69) is 9.97 Å². The SMILES string of the molecule is O=[N+]([O-])c1cnc(Cl)nc1-c1ccc(F)cc1F. The number of halogens is 3. The van der Waals surface area contributed by atoms with Crippen LogP contribution >= 0.6 is 11.6 Å². The van der Waals surface area contributed by atoms with Crippen molar-refractivity contribution in [2.45, 2.75) is 0 Å². The van der Waals surface area contributed by atoms with Gasteiger partial charge in [-0.3, -0.25) is 10.1 Å². The van der Waals surface area contributed by atoms with Gasteiger partial charge in [-0.1, -0.05) is 0 Å². The number of nitro groups is 1. The molecule has 0 atom stereocenters. The van der Waals surface area contributed by atoms with Gasteiger partial charge in [0.15, 0.2) is 5.69 Å². The standard InChI is InChI=1S/C10H4ClF2N3O2/c11-10-14-4-8(16(17)18)9(15-10)6-2-1-5(12)3-7(6)13/h1-4H. The monoisotopic (exact) mass is 271 g/mol. The van der Waals surface area contributed by atoms with Crippen molar-refractivity contribution in [1.29, 1.82) is 0 Å². The van der Waals surface area contributed by atoms with E-state index in [0.717, 1.165) is 18.3 Å². The van der Waals surface area contributed by atoms with E-state index >= 15 is 0 Å². The van der Waals surface area contributed by atoms with Crippen molar-refractivity contribution < 1.29 is 13.7 Å². The third-order valence-corrected chi connectivity index (χ3v) is 2.31. The van der Waals surface area contributed by atoms with E-state index in [1.54, 1.807) is 0 Å². The van der Waals surface area contributed by atoms with E-state index in [0.29, 0.717) is 6.07 Å². The second-order valence-electron chi connectivity index (χ2n) is 3.25. The first-order valence-corrected chi connectivity index (χ1v) is 4.99. The van der Waals surface area contributed by atoms with E-state index in [-0.39, 0.29) is 16.5 Å². The van der Waals surface area contributed by atoms with Gasteiger partial charge in [-0.15, -0.1) is 0 Å². The number of aromatic nitrogens is 2. The first-order chi connectivity index (χ1) is 8.49. The highest BCUT2D eigenvalue weighted by Crippen LogP contribution is 2.30. The number of hydrogen-bond donors (Lipinski definition) is 0. The molecular weight excluding hydrogens is 268 g/mol. The maximum Gasteiger partial charge on any atom is 0.313 e. The van der Waals surface area contributed by atoms with Crippen LogP contribution in [0.15, 0.2) is 24.4 Å². The van der Waals surface area contributed by atoms with Gasteiger partial charge in [0.05, 0.1) is 4.92 Å². The number of hydrogen-bond acceptors (Lipinski definition) is 4. The smallest absolute Gasteiger partial charge is 0.258 e. The molecule has 0 aliphatic carbocycles. The molecule has 0 aliphatic rings. The van der Waals surface area contributed by atoms with E-state index < -0.39 is 22.2 Å². The predicted octanol–water partition coefficient (Wildman–Crippen LogP) is 2.98. The third kappa shape index (κ3) is 2.25. The van der Waals surface area contributed by atoms with Crippen LogP contribution in [0.2, 0.25) is 5.28 Å². The zero-order chi connectivity index (χ0) is 13.3. The van der Waals surface area contributed by atoms with Gasteiger partial charge in [0.2, 0.25) is 5.28 Å². The molecule has 1 aromatic heterocycles. The number of nitrogens with zero attached hydrogens (tertiary/aromatic N) is 3. The Kier molecular flexibility index (Phi) is 3.15. The zero-order valence-electron chi connectivity index (χ0n) is 8.60. The van der Waals surface area contributed by atoms with Gasteiger partial charge in [0, 0.05) is 11.6 Å². The van der Waals surface area contributed by atoms with E-state index in [9.17, 15) is 18.9 Å². The molecule has 2 rings (SSSR count). The third-order valence-electron chi connectivity index (χ3n) is 2.12. The highest BCUT2D eigenvalue weighted by molar-refractivity contribution is 6.28. The summed E-state index contributed by atoms with van der Waals surface area (Å²) in [7, 11) is 0. The Labute approximate surface area is 104 Å². The number of benzene rings is 1. The second-order valence-corrected chi connectivity index (χ2v) is 3.59. The summed E-state index contributed by atoms with van der Waals surface area (Å²) in [5.41, 5.74) is -1.02. The fraction of sp³-hybridized carbons (Fsp3) is 0. The summed E-state index contributed by atoms with van der Waals surface area (Å²) < 4.78 is 26.3. The summed E-state index contributed by atoms with van der Waals surface area (Å²) in [5.74, 6) is -1.76. The molecule has 8 heteroatoms. The minimum Gasteiger partial charge on any atom is -0.258 e. The van der Waals surface area contributed by atoms with Crippen molar-refractivity contribution in [1.82, 2.24) is 9.97 Å². The summed E-state index contributed by atoms with van der Waals surface area (Å²) in [4.78, 5) is 17.1. The topological polar surface area (TPSA) is 68.9 Å². The van der Waals surface area contributed by atoms with Gasteiger partial charge < -0.3 is 0 Å². The fourth-order valence-electron chi connectivity index (χ4n) is 1.37. The predicted molar refractivity (Wildman–Crippen MR) is 59.0 cm³/mol. The van der Waals surface area contributed by atoms with Crippen LogP contribution in [0.25, 0.3) is 11.3 Å². The van der Waals surface area contributed by atoms with Gasteiger partial charge in [-0.25, -0.2) is 18.7 Å². The lowest BCUT2D eigenvalue weighted by Crippen LogP contribution is -1.98. The Balaban J connectivity index is 2.69. The van der Waals surface area contributed by atoms with Crippen molar-refractivity contribution in [3.05, 3.63) is 51.4 Å². The lowest BCUT2D eigenvalue weighted by molar-refractivity contribution is -0.384. The summed E-state index contributed by atoms with van der Waals surface area (Å²) >= 11 is 5.51. The highest BCUT2D eigenvalue weighted by atomic mass is 35.5. The molecule has 0 fully saturated rings. The van der Waals surface area contributed by atoms with Crippen molar-refractivity contribution in [3.8, 4) is 11.3 Å². The van der Waals surface area contributed by atoms with Gasteiger partial charge in [0.1, 0.15) is 17.8 Å². The van der Waals surface area contributed by atoms with Crippen LogP contribution in [0.1, 0.15) is 0 Å². The lowest BCUT2D eigenvalue weighted by atomic mass is 10.1. The first kappa shape index (κ1) is 12.3. The summed E-state index contributed by atoms with van der Waals surface area (Å²) in [5, 5.41) is 10.5. The van der Waals surface area contributed by atoms with E-state index in [1.165, 1.54) is 0 Å². The summed E-state index contributed by atoms with van der Waals surface area (Å²) in [6.45, 7) is 0. The van der Waals surface area contributed by atoms with E-state index in [1.807, 2.05) is 0 Å². The molecule has 92 valence electrons. The molecule has 0 amide bonds. The van der Waals surface area contributed by atoms with Gasteiger partial charge in [-0.2, -0.15) is 0 Å². The van der Waals surface area contributed by atoms with Gasteiger partial charge in [-0.05, 0) is 23.7 Å². The molecule has 0 saturated heterocycles. The molecule has 0 radical (unpaired) electrons. The summed E-state index contributed by atoms with van der Waals surface area (Å²) in [6.07, 6.45) is 0.869. The largest absolute Gasteiger partial charge is 0.313 e. The molecule has 1 aromatic carbocycles. The lowest BCUT2D eigenvalue weighted by Gasteiger charge is -2.03. The van der Waals surface area contributed by atoms with Crippen molar-refractivity contribution >= 4 is 17.3 Å². The average molecular weight is 272 g/mol. The van der Waals surface area contributed by atoms with Gasteiger partial charge >= 0.3 is 5.69 Å². The Bertz CT molecular complexity index is 637. The second kappa shape index (κ2) is 4.61. The summed E-state index contributed by atoms with van der Waals surface area (Å²) in [6, 6.07) is 2.63. The molecule has 0 N–H and O–H groups in total. The molecule has 0 saturated carbocycles. The Morgan fingerprint density at radius 3 is 2.67 bits per heavy atom. The van der Waals surface area contributed by atoms with Crippen LogP contribution < -0.4 is 0 Å². The van der Waals surface area contributed by atoms with E-state index in [4.69, 9.17) is 11.6 Å². The highest BCUT2D eigenvalue weighted by Gasteiger charge is 2.21. The maximum absolute atomic E-state index is 13.5. The van der Waals surface area contributed by atoms with Crippen molar-refractivity contribution in [2.75, 3.05) is 0 Å². The molecule has 2 aromatic rings. The van der Waals surface area contributed by atoms with Crippen molar-refractivity contribution in [2.24, 2.45) is 0 Å². The molecular formula is C10H4ClF2N3O2. The molecule has 18 heavy (non-hydrogen) atoms. The first-order valence-electron chi connectivity index (χ1n) is 4.61. The fourth-order valence-corrected chi connectivity index (χ4v) is 1.50. The normalized spacial score (nSPS) is 10.4. The molecule has 0 aliphatic heterocycles. The maximum atomic E-state index is 13.5. The number of rotatable bonds is 2. The minimum absolute atomic E-state index is 0.215. The Hall–Kier alpha value is -2.15. The molecule has 0 bridgehead atoms. The Morgan fingerprint density at radius 1 is 1.33 bits per heavy atom. The van der Waals surface area contributed by atoms with Gasteiger partial charge in [0.25, 0.3) is 0 Å². The van der Waals surface area contributed by atoms with Crippen LogP contribution in [0.5, 0.6) is 0 Å². The average Bonchev–Trinajstić information content (AvgIpc) is 2.28. The molecule has 0 spiro atoms. The van der Waals surface area contributed by atoms with Crippen LogP contribution in [0.3, 0.4) is 0 Å².